The van der Waals surface area contributed by atoms with Gasteiger partial charge in [0.25, 0.3) is 0 Å². The van der Waals surface area contributed by atoms with E-state index in [1.165, 1.54) is 13.8 Å². The first-order valence-corrected chi connectivity index (χ1v) is 7.75. The van der Waals surface area contributed by atoms with Crippen LogP contribution in [-0.2, 0) is 14.3 Å². The minimum absolute atomic E-state index is 0.210. The number of rotatable bonds is 5. The van der Waals surface area contributed by atoms with E-state index in [1.54, 1.807) is 24.3 Å². The number of carbonyl (C=O) groups excluding carboxylic acids is 2. The summed E-state index contributed by atoms with van der Waals surface area (Å²) in [5.74, 6) is -0.287. The maximum atomic E-state index is 11.4. The first kappa shape index (κ1) is 19.1. The van der Waals surface area contributed by atoms with Crippen molar-refractivity contribution in [3.8, 4) is 5.75 Å². The zero-order valence-corrected chi connectivity index (χ0v) is 13.9. The quantitative estimate of drug-likeness (QED) is 0.456. The molecule has 5 N–H and O–H groups in total. The van der Waals surface area contributed by atoms with Crippen molar-refractivity contribution in [2.45, 2.75) is 44.5 Å². The molecule has 0 bridgehead atoms. The second kappa shape index (κ2) is 8.26. The molecule has 1 aromatic carbocycles. The number of anilines is 1. The number of hydrogen-bond acceptors (Lipinski definition) is 7. The van der Waals surface area contributed by atoms with Gasteiger partial charge in [0.05, 0.1) is 6.61 Å². The number of hydrogen-bond donors (Lipinski definition) is 5. The third kappa shape index (κ3) is 4.89. The highest BCUT2D eigenvalue weighted by Gasteiger charge is 2.46. The van der Waals surface area contributed by atoms with Crippen LogP contribution in [-0.4, -0.2) is 64.4 Å². The van der Waals surface area contributed by atoms with Crippen LogP contribution < -0.4 is 15.4 Å². The minimum atomic E-state index is -1.38. The summed E-state index contributed by atoms with van der Waals surface area (Å²) < 4.78 is 11.1. The normalized spacial score (nSPS) is 28.9. The molecule has 1 aliphatic rings. The Balaban J connectivity index is 2.15. The summed E-state index contributed by atoms with van der Waals surface area (Å²) in [7, 11) is 0. The lowest BCUT2D eigenvalue weighted by atomic mass is 9.97. The molecule has 1 fully saturated rings. The van der Waals surface area contributed by atoms with Gasteiger partial charge >= 0.3 is 0 Å². The minimum Gasteiger partial charge on any atom is -0.463 e. The number of aliphatic hydroxyl groups is 3. The SMILES string of the molecule is CC(=O)Nc1ccc(O[C@@H]2O[C@H](CO)[C@@H](O)[C@H](O)[C@H]2NC(C)=O)cc1. The molecule has 2 rings (SSSR count). The van der Waals surface area contributed by atoms with Gasteiger partial charge in [-0.25, -0.2) is 0 Å². The van der Waals surface area contributed by atoms with Gasteiger partial charge in [0.1, 0.15) is 30.1 Å². The number of aliphatic hydroxyl groups excluding tert-OH is 3. The Labute approximate surface area is 144 Å². The first-order valence-electron chi connectivity index (χ1n) is 7.75. The van der Waals surface area contributed by atoms with Crippen molar-refractivity contribution >= 4 is 17.5 Å². The van der Waals surface area contributed by atoms with Crippen LogP contribution in [0, 0.1) is 0 Å². The molecular weight excluding hydrogens is 332 g/mol. The molecule has 0 aliphatic carbocycles. The summed E-state index contributed by atoms with van der Waals surface area (Å²) in [4.78, 5) is 22.4. The Hall–Kier alpha value is -2.20. The first-order chi connectivity index (χ1) is 11.8. The third-order valence-electron chi connectivity index (χ3n) is 3.68. The molecule has 0 radical (unpaired) electrons. The van der Waals surface area contributed by atoms with Gasteiger partial charge in [-0.15, -0.1) is 0 Å². The van der Waals surface area contributed by atoms with Crippen molar-refractivity contribution in [1.82, 2.24) is 5.32 Å². The van der Waals surface area contributed by atoms with Crippen molar-refractivity contribution in [2.75, 3.05) is 11.9 Å². The van der Waals surface area contributed by atoms with Gasteiger partial charge in [-0.05, 0) is 24.3 Å². The highest BCUT2D eigenvalue weighted by molar-refractivity contribution is 5.88. The second-order valence-corrected chi connectivity index (χ2v) is 5.76. The zero-order valence-electron chi connectivity index (χ0n) is 13.9. The molecule has 2 amide bonds. The van der Waals surface area contributed by atoms with Gasteiger partial charge in [0.2, 0.25) is 18.1 Å². The lowest BCUT2D eigenvalue weighted by molar-refractivity contribution is -0.244. The number of nitrogens with one attached hydrogen (secondary N) is 2. The van der Waals surface area contributed by atoms with Crippen LogP contribution in [0.4, 0.5) is 5.69 Å². The lowest BCUT2D eigenvalue weighted by Gasteiger charge is -2.42. The molecule has 25 heavy (non-hydrogen) atoms. The molecule has 1 heterocycles. The van der Waals surface area contributed by atoms with E-state index in [2.05, 4.69) is 10.6 Å². The Morgan fingerprint density at radius 3 is 2.28 bits per heavy atom. The molecule has 138 valence electrons. The van der Waals surface area contributed by atoms with Crippen LogP contribution in [0.2, 0.25) is 0 Å². The summed E-state index contributed by atoms with van der Waals surface area (Å²) >= 11 is 0. The van der Waals surface area contributed by atoms with Crippen molar-refractivity contribution in [3.05, 3.63) is 24.3 Å². The molecule has 0 spiro atoms. The van der Waals surface area contributed by atoms with Gasteiger partial charge in [-0.1, -0.05) is 0 Å². The van der Waals surface area contributed by atoms with E-state index >= 15 is 0 Å². The molecule has 9 heteroatoms. The largest absolute Gasteiger partial charge is 0.463 e. The van der Waals surface area contributed by atoms with Gasteiger partial charge < -0.3 is 35.4 Å². The molecule has 0 saturated carbocycles. The summed E-state index contributed by atoms with van der Waals surface area (Å²) in [5.41, 5.74) is 0.575. The zero-order chi connectivity index (χ0) is 18.6. The average molecular weight is 354 g/mol. The number of carbonyl (C=O) groups is 2. The van der Waals surface area contributed by atoms with E-state index in [9.17, 15) is 24.9 Å². The van der Waals surface area contributed by atoms with Crippen molar-refractivity contribution < 1.29 is 34.4 Å². The van der Waals surface area contributed by atoms with Gasteiger partial charge in [0.15, 0.2) is 0 Å². The summed E-state index contributed by atoms with van der Waals surface area (Å²) in [6.07, 6.45) is -4.92. The van der Waals surface area contributed by atoms with Crippen LogP contribution in [0.15, 0.2) is 24.3 Å². The monoisotopic (exact) mass is 354 g/mol. The fourth-order valence-electron chi connectivity index (χ4n) is 2.53. The molecule has 5 atom stereocenters. The molecule has 1 saturated heterocycles. The molecule has 9 nitrogen and oxygen atoms in total. The van der Waals surface area contributed by atoms with E-state index in [0.717, 1.165) is 0 Å². The molecule has 1 aliphatic heterocycles. The van der Waals surface area contributed by atoms with Gasteiger partial charge in [0, 0.05) is 19.5 Å². The van der Waals surface area contributed by atoms with E-state index in [4.69, 9.17) is 9.47 Å². The highest BCUT2D eigenvalue weighted by atomic mass is 16.7. The number of benzene rings is 1. The predicted octanol–water partition coefficient (Wildman–Crippen LogP) is -1.03. The van der Waals surface area contributed by atoms with E-state index in [-0.39, 0.29) is 5.91 Å². The molecule has 1 aromatic rings. The summed E-state index contributed by atoms with van der Waals surface area (Å²) in [5, 5.41) is 34.5. The average Bonchev–Trinajstić information content (AvgIpc) is 2.55. The summed E-state index contributed by atoms with van der Waals surface area (Å²) in [6, 6.07) is 5.35. The topological polar surface area (TPSA) is 137 Å². The van der Waals surface area contributed by atoms with Crippen LogP contribution in [0.5, 0.6) is 5.75 Å². The lowest BCUT2D eigenvalue weighted by Crippen LogP contribution is -2.65. The van der Waals surface area contributed by atoms with Crippen molar-refractivity contribution in [1.29, 1.82) is 0 Å². The number of ether oxygens (including phenoxy) is 2. The van der Waals surface area contributed by atoms with Crippen LogP contribution in [0.3, 0.4) is 0 Å². The Morgan fingerprint density at radius 1 is 1.12 bits per heavy atom. The van der Waals surface area contributed by atoms with E-state index in [1.807, 2.05) is 0 Å². The molecule has 0 aromatic heterocycles. The maximum Gasteiger partial charge on any atom is 0.223 e. The third-order valence-corrected chi connectivity index (χ3v) is 3.68. The van der Waals surface area contributed by atoms with Gasteiger partial charge in [-0.3, -0.25) is 9.59 Å². The van der Waals surface area contributed by atoms with Gasteiger partial charge in [-0.2, -0.15) is 0 Å². The molecule has 0 unspecified atom stereocenters. The maximum absolute atomic E-state index is 11.4. The summed E-state index contributed by atoms with van der Waals surface area (Å²) in [6.45, 7) is 2.13. The standard InChI is InChI=1S/C16H22N2O7/c1-8(20)17-10-3-5-11(6-4-10)24-16-13(18-9(2)21)15(23)14(22)12(7-19)25-16/h3-6,12-16,19,22-23H,7H2,1-2H3,(H,17,20)(H,18,21)/t12-,13-,14-,15-,16-/m1/s1. The highest BCUT2D eigenvalue weighted by Crippen LogP contribution is 2.25. The smallest absolute Gasteiger partial charge is 0.223 e. The van der Waals surface area contributed by atoms with Crippen molar-refractivity contribution in [3.63, 3.8) is 0 Å². The van der Waals surface area contributed by atoms with Crippen LogP contribution in [0.1, 0.15) is 13.8 Å². The van der Waals surface area contributed by atoms with Crippen molar-refractivity contribution in [2.24, 2.45) is 0 Å². The van der Waals surface area contributed by atoms with E-state index in [0.29, 0.717) is 11.4 Å². The fourth-order valence-corrected chi connectivity index (χ4v) is 2.53. The fraction of sp³-hybridized carbons (Fsp3) is 0.500. The number of amides is 2. The van der Waals surface area contributed by atoms with E-state index < -0.39 is 43.2 Å². The molecular formula is C16H22N2O7. The Morgan fingerprint density at radius 2 is 1.76 bits per heavy atom. The van der Waals surface area contributed by atoms with Crippen LogP contribution >= 0.6 is 0 Å². The second-order valence-electron chi connectivity index (χ2n) is 5.76. The Bertz CT molecular complexity index is 607. The van der Waals surface area contributed by atoms with Crippen LogP contribution in [0.25, 0.3) is 0 Å². The Kier molecular flexibility index (Phi) is 6.32. The predicted molar refractivity (Wildman–Crippen MR) is 86.7 cm³/mol.